The number of esters is 1. The van der Waals surface area contributed by atoms with Crippen LogP contribution in [0.4, 0.5) is 5.69 Å². The van der Waals surface area contributed by atoms with Gasteiger partial charge in [-0.15, -0.1) is 0 Å². The largest absolute Gasteiger partial charge is 0.470 e. The number of hydrogen-bond acceptors (Lipinski definition) is 5. The van der Waals surface area contributed by atoms with E-state index in [1.807, 2.05) is 20.8 Å². The number of methoxy groups -OCH3 is 1. The number of pyridine rings is 1. The van der Waals surface area contributed by atoms with Gasteiger partial charge in [0.15, 0.2) is 5.69 Å². The molecule has 1 heterocycles. The third-order valence-electron chi connectivity index (χ3n) is 1.69. The van der Waals surface area contributed by atoms with E-state index in [1.165, 1.54) is 13.2 Å². The van der Waals surface area contributed by atoms with Crippen molar-refractivity contribution >= 4 is 11.7 Å². The molecule has 0 aromatic carbocycles. The summed E-state index contributed by atoms with van der Waals surface area (Å²) in [6, 6.07) is 3.07. The van der Waals surface area contributed by atoms with E-state index in [4.69, 9.17) is 10.5 Å². The average molecular weight is 224 g/mol. The van der Waals surface area contributed by atoms with Crippen LogP contribution in [-0.2, 0) is 4.74 Å². The highest BCUT2D eigenvalue weighted by Gasteiger charge is 2.17. The molecule has 5 nitrogen and oxygen atoms in total. The minimum absolute atomic E-state index is 0.177. The fourth-order valence-electron chi connectivity index (χ4n) is 1.04. The van der Waals surface area contributed by atoms with Gasteiger partial charge in [-0.1, -0.05) is 0 Å². The number of rotatable bonds is 2. The fourth-order valence-corrected chi connectivity index (χ4v) is 1.04. The first kappa shape index (κ1) is 12.3. The Bertz CT molecular complexity index is 397. The van der Waals surface area contributed by atoms with Crippen molar-refractivity contribution in [2.45, 2.75) is 26.4 Å². The van der Waals surface area contributed by atoms with Crippen molar-refractivity contribution in [3.8, 4) is 5.88 Å². The summed E-state index contributed by atoms with van der Waals surface area (Å²) >= 11 is 0. The molecule has 2 N–H and O–H groups in total. The van der Waals surface area contributed by atoms with Crippen LogP contribution in [0.25, 0.3) is 0 Å². The molecule has 1 aromatic heterocycles. The number of anilines is 1. The molecule has 0 saturated heterocycles. The number of nitrogen functional groups attached to an aromatic ring is 1. The minimum atomic E-state index is -0.515. The summed E-state index contributed by atoms with van der Waals surface area (Å²) in [5.74, 6) is -0.269. The molecule has 0 unspecified atom stereocenters. The van der Waals surface area contributed by atoms with Gasteiger partial charge in [-0.3, -0.25) is 0 Å². The smallest absolute Gasteiger partial charge is 0.356 e. The molecule has 5 heteroatoms. The van der Waals surface area contributed by atoms with Gasteiger partial charge in [0, 0.05) is 0 Å². The van der Waals surface area contributed by atoms with Crippen molar-refractivity contribution in [1.82, 2.24) is 4.98 Å². The molecular weight excluding hydrogens is 208 g/mol. The molecule has 0 atom stereocenters. The van der Waals surface area contributed by atoms with Gasteiger partial charge < -0.3 is 15.2 Å². The van der Waals surface area contributed by atoms with Gasteiger partial charge >= 0.3 is 5.97 Å². The average Bonchev–Trinajstić information content (AvgIpc) is 2.18. The molecule has 0 aliphatic carbocycles. The first-order chi connectivity index (χ1) is 7.33. The lowest BCUT2D eigenvalue weighted by Gasteiger charge is -2.21. The van der Waals surface area contributed by atoms with Crippen LogP contribution in [0.3, 0.4) is 0 Å². The second-order valence-corrected chi connectivity index (χ2v) is 4.30. The standard InChI is InChI=1S/C11H16N2O3/c1-11(2,3)16-9-7(12)5-6-8(13-9)10(14)15-4/h5-6H,12H2,1-4H3. The summed E-state index contributed by atoms with van der Waals surface area (Å²) in [4.78, 5) is 15.3. The third kappa shape index (κ3) is 3.12. The maximum atomic E-state index is 11.3. The van der Waals surface area contributed by atoms with E-state index in [-0.39, 0.29) is 11.6 Å². The summed E-state index contributed by atoms with van der Waals surface area (Å²) in [6.07, 6.45) is 0. The lowest BCUT2D eigenvalue weighted by Crippen LogP contribution is -2.24. The molecule has 0 aliphatic heterocycles. The molecule has 1 aromatic rings. The molecule has 16 heavy (non-hydrogen) atoms. The Morgan fingerprint density at radius 2 is 2.00 bits per heavy atom. The van der Waals surface area contributed by atoms with Gasteiger partial charge in [-0.25, -0.2) is 9.78 Å². The van der Waals surface area contributed by atoms with Gasteiger partial charge in [0.1, 0.15) is 5.60 Å². The monoisotopic (exact) mass is 224 g/mol. The Hall–Kier alpha value is -1.78. The second kappa shape index (κ2) is 4.38. The van der Waals surface area contributed by atoms with Crippen LogP contribution in [0.15, 0.2) is 12.1 Å². The molecule has 0 amide bonds. The van der Waals surface area contributed by atoms with Crippen molar-refractivity contribution in [3.63, 3.8) is 0 Å². The molecule has 0 aliphatic rings. The summed E-state index contributed by atoms with van der Waals surface area (Å²) in [7, 11) is 1.30. The fraction of sp³-hybridized carbons (Fsp3) is 0.455. The quantitative estimate of drug-likeness (QED) is 0.773. The van der Waals surface area contributed by atoms with Crippen LogP contribution in [-0.4, -0.2) is 23.7 Å². The highest BCUT2D eigenvalue weighted by atomic mass is 16.5. The maximum absolute atomic E-state index is 11.3. The van der Waals surface area contributed by atoms with Crippen LogP contribution in [0, 0.1) is 0 Å². The molecule has 1 rings (SSSR count). The Morgan fingerprint density at radius 1 is 1.38 bits per heavy atom. The van der Waals surface area contributed by atoms with Crippen molar-refractivity contribution in [2.75, 3.05) is 12.8 Å². The van der Waals surface area contributed by atoms with Crippen LogP contribution in [0.2, 0.25) is 0 Å². The second-order valence-electron chi connectivity index (χ2n) is 4.30. The SMILES string of the molecule is COC(=O)c1ccc(N)c(OC(C)(C)C)n1. The molecule has 0 bridgehead atoms. The number of aromatic nitrogens is 1. The summed E-state index contributed by atoms with van der Waals surface area (Å²) in [6.45, 7) is 5.62. The topological polar surface area (TPSA) is 74.4 Å². The molecular formula is C11H16N2O3. The minimum Gasteiger partial charge on any atom is -0.470 e. The molecule has 0 fully saturated rings. The lowest BCUT2D eigenvalue weighted by atomic mass is 10.2. The van der Waals surface area contributed by atoms with Gasteiger partial charge in [-0.05, 0) is 32.9 Å². The molecule has 0 spiro atoms. The predicted octanol–water partition coefficient (Wildman–Crippen LogP) is 1.63. The number of carbonyl (C=O) groups excluding carboxylic acids is 1. The molecule has 0 saturated carbocycles. The van der Waals surface area contributed by atoms with Crippen LogP contribution >= 0.6 is 0 Å². The van der Waals surface area contributed by atoms with Crippen molar-refractivity contribution in [2.24, 2.45) is 0 Å². The predicted molar refractivity (Wildman–Crippen MR) is 60.4 cm³/mol. The Balaban J connectivity index is 3.04. The van der Waals surface area contributed by atoms with Crippen molar-refractivity contribution in [1.29, 1.82) is 0 Å². The van der Waals surface area contributed by atoms with Gasteiger partial charge in [0.05, 0.1) is 12.8 Å². The maximum Gasteiger partial charge on any atom is 0.356 e. The Labute approximate surface area is 94.6 Å². The summed E-state index contributed by atoms with van der Waals surface area (Å²) < 4.78 is 10.1. The number of nitrogens with two attached hydrogens (primary N) is 1. The summed E-state index contributed by atoms with van der Waals surface area (Å²) in [5, 5.41) is 0. The van der Waals surface area contributed by atoms with Gasteiger partial charge in [0.2, 0.25) is 5.88 Å². The zero-order chi connectivity index (χ0) is 12.3. The van der Waals surface area contributed by atoms with E-state index in [0.29, 0.717) is 5.69 Å². The van der Waals surface area contributed by atoms with Crippen LogP contribution in [0.5, 0.6) is 5.88 Å². The van der Waals surface area contributed by atoms with E-state index < -0.39 is 11.6 Å². The number of nitrogens with zero attached hydrogens (tertiary/aromatic N) is 1. The van der Waals surface area contributed by atoms with E-state index >= 15 is 0 Å². The number of carbonyl (C=O) groups is 1. The van der Waals surface area contributed by atoms with E-state index in [9.17, 15) is 4.79 Å². The van der Waals surface area contributed by atoms with Crippen LogP contribution in [0.1, 0.15) is 31.3 Å². The van der Waals surface area contributed by atoms with Gasteiger partial charge in [-0.2, -0.15) is 0 Å². The normalized spacial score (nSPS) is 11.0. The first-order valence-electron chi connectivity index (χ1n) is 4.87. The molecule has 88 valence electrons. The first-order valence-corrected chi connectivity index (χ1v) is 4.87. The number of ether oxygens (including phenoxy) is 2. The highest BCUT2D eigenvalue weighted by Crippen LogP contribution is 2.23. The van der Waals surface area contributed by atoms with E-state index in [0.717, 1.165) is 0 Å². The Kier molecular flexibility index (Phi) is 3.37. The van der Waals surface area contributed by atoms with Crippen molar-refractivity contribution < 1.29 is 14.3 Å². The zero-order valence-electron chi connectivity index (χ0n) is 9.90. The summed E-state index contributed by atoms with van der Waals surface area (Å²) in [5.41, 5.74) is 5.85. The van der Waals surface area contributed by atoms with Gasteiger partial charge in [0.25, 0.3) is 0 Å². The lowest BCUT2D eigenvalue weighted by molar-refractivity contribution is 0.0589. The number of hydrogen-bond donors (Lipinski definition) is 1. The third-order valence-corrected chi connectivity index (χ3v) is 1.69. The molecule has 0 radical (unpaired) electrons. The zero-order valence-corrected chi connectivity index (χ0v) is 9.90. The van der Waals surface area contributed by atoms with Crippen molar-refractivity contribution in [3.05, 3.63) is 17.8 Å². The van der Waals surface area contributed by atoms with E-state index in [2.05, 4.69) is 9.72 Å². The highest BCUT2D eigenvalue weighted by molar-refractivity contribution is 5.87. The van der Waals surface area contributed by atoms with E-state index in [1.54, 1.807) is 6.07 Å². The van der Waals surface area contributed by atoms with Crippen LogP contribution < -0.4 is 10.5 Å². The Morgan fingerprint density at radius 3 is 2.50 bits per heavy atom.